The summed E-state index contributed by atoms with van der Waals surface area (Å²) in [4.78, 5) is 4.36. The van der Waals surface area contributed by atoms with E-state index >= 15 is 0 Å². The van der Waals surface area contributed by atoms with E-state index in [1.165, 1.54) is 18.4 Å². The Morgan fingerprint density at radius 3 is 2.93 bits per heavy atom. The molecular weight excluding hydrogens is 188 g/mol. The molecule has 2 saturated heterocycles. The molecule has 2 bridgehead atoms. The van der Waals surface area contributed by atoms with E-state index in [0.717, 1.165) is 12.2 Å². The smallest absolute Gasteiger partial charge is 0.126 e. The van der Waals surface area contributed by atoms with Gasteiger partial charge in [-0.2, -0.15) is 0 Å². The van der Waals surface area contributed by atoms with E-state index < -0.39 is 0 Å². The molecule has 3 rings (SSSR count). The number of ether oxygens (including phenoxy) is 1. The van der Waals surface area contributed by atoms with Gasteiger partial charge in [0.05, 0.1) is 18.2 Å². The molecule has 2 aliphatic heterocycles. The Hall–Kier alpha value is -1.09. The lowest BCUT2D eigenvalue weighted by molar-refractivity contribution is 0.102. The first kappa shape index (κ1) is 9.16. The van der Waals surface area contributed by atoms with Crippen molar-refractivity contribution < 1.29 is 4.74 Å². The SMILES string of the molecule is Cc1ccc(NC2CC3CCC2O3)nc1. The quantitative estimate of drug-likeness (QED) is 0.801. The predicted octanol–water partition coefficient (Wildman–Crippen LogP) is 2.12. The van der Waals surface area contributed by atoms with E-state index in [9.17, 15) is 0 Å². The van der Waals surface area contributed by atoms with Gasteiger partial charge in [-0.15, -0.1) is 0 Å². The van der Waals surface area contributed by atoms with Crippen molar-refractivity contribution in [2.24, 2.45) is 0 Å². The fourth-order valence-electron chi connectivity index (χ4n) is 2.53. The second-order valence-electron chi connectivity index (χ2n) is 4.58. The molecule has 3 heterocycles. The minimum atomic E-state index is 0.415. The number of hydrogen-bond donors (Lipinski definition) is 1. The summed E-state index contributed by atoms with van der Waals surface area (Å²) in [6.07, 6.45) is 6.39. The number of aromatic nitrogens is 1. The van der Waals surface area contributed by atoms with Gasteiger partial charge < -0.3 is 10.1 Å². The molecule has 0 aromatic carbocycles. The molecule has 2 aliphatic rings. The van der Waals surface area contributed by atoms with Crippen molar-refractivity contribution in [3.05, 3.63) is 23.9 Å². The van der Waals surface area contributed by atoms with Crippen molar-refractivity contribution >= 4 is 5.82 Å². The lowest BCUT2D eigenvalue weighted by atomic mass is 9.95. The van der Waals surface area contributed by atoms with Crippen LogP contribution in [0, 0.1) is 6.92 Å². The molecule has 0 aliphatic carbocycles. The Bertz CT molecular complexity index is 349. The van der Waals surface area contributed by atoms with Crippen molar-refractivity contribution in [3.63, 3.8) is 0 Å². The second-order valence-corrected chi connectivity index (χ2v) is 4.58. The van der Waals surface area contributed by atoms with Crippen molar-refractivity contribution in [2.75, 3.05) is 5.32 Å². The molecule has 0 saturated carbocycles. The van der Waals surface area contributed by atoms with Gasteiger partial charge in [-0.05, 0) is 37.8 Å². The Labute approximate surface area is 89.9 Å². The third-order valence-electron chi connectivity index (χ3n) is 3.35. The summed E-state index contributed by atoms with van der Waals surface area (Å²) in [5.74, 6) is 0.974. The van der Waals surface area contributed by atoms with Crippen LogP contribution in [0.1, 0.15) is 24.8 Å². The fourth-order valence-corrected chi connectivity index (χ4v) is 2.53. The zero-order chi connectivity index (χ0) is 10.3. The molecule has 80 valence electrons. The number of pyridine rings is 1. The molecule has 1 N–H and O–H groups in total. The largest absolute Gasteiger partial charge is 0.373 e. The normalized spacial score (nSPS) is 33.3. The Morgan fingerprint density at radius 2 is 2.33 bits per heavy atom. The molecule has 0 amide bonds. The minimum Gasteiger partial charge on any atom is -0.373 e. The maximum Gasteiger partial charge on any atom is 0.126 e. The van der Waals surface area contributed by atoms with Gasteiger partial charge in [0.25, 0.3) is 0 Å². The fraction of sp³-hybridized carbons (Fsp3) is 0.583. The van der Waals surface area contributed by atoms with Gasteiger partial charge in [0.2, 0.25) is 0 Å². The third kappa shape index (κ3) is 1.72. The summed E-state index contributed by atoms with van der Waals surface area (Å²) in [6, 6.07) is 4.60. The van der Waals surface area contributed by atoms with Crippen LogP contribution in [-0.4, -0.2) is 23.2 Å². The van der Waals surface area contributed by atoms with Gasteiger partial charge in [0.15, 0.2) is 0 Å². The maximum absolute atomic E-state index is 5.79. The highest BCUT2D eigenvalue weighted by Crippen LogP contribution is 2.35. The lowest BCUT2D eigenvalue weighted by Gasteiger charge is -2.20. The molecule has 3 heteroatoms. The van der Waals surface area contributed by atoms with Gasteiger partial charge in [0, 0.05) is 6.20 Å². The highest BCUT2D eigenvalue weighted by atomic mass is 16.5. The van der Waals surface area contributed by atoms with E-state index in [-0.39, 0.29) is 0 Å². The van der Waals surface area contributed by atoms with Crippen molar-refractivity contribution in [1.29, 1.82) is 0 Å². The molecule has 0 radical (unpaired) electrons. The molecule has 15 heavy (non-hydrogen) atoms. The number of anilines is 1. The first-order chi connectivity index (χ1) is 7.31. The van der Waals surface area contributed by atoms with Crippen molar-refractivity contribution in [3.8, 4) is 0 Å². The standard InChI is InChI=1S/C12H16N2O/c1-8-2-5-12(13-7-8)14-10-6-9-3-4-11(10)15-9/h2,5,7,9-11H,3-4,6H2,1H3,(H,13,14). The Balaban J connectivity index is 1.68. The molecule has 2 fully saturated rings. The Kier molecular flexibility index (Phi) is 2.13. The number of rotatable bonds is 2. The van der Waals surface area contributed by atoms with Gasteiger partial charge in [-0.1, -0.05) is 6.07 Å². The molecule has 1 aromatic rings. The van der Waals surface area contributed by atoms with E-state index in [4.69, 9.17) is 4.74 Å². The molecule has 1 aromatic heterocycles. The number of hydrogen-bond acceptors (Lipinski definition) is 3. The monoisotopic (exact) mass is 204 g/mol. The molecule has 3 atom stereocenters. The molecule has 0 spiro atoms. The number of aryl methyl sites for hydroxylation is 1. The summed E-state index contributed by atoms with van der Waals surface area (Å²) >= 11 is 0. The predicted molar refractivity (Wildman–Crippen MR) is 58.9 cm³/mol. The van der Waals surface area contributed by atoms with E-state index in [1.807, 2.05) is 12.3 Å². The average molecular weight is 204 g/mol. The summed E-state index contributed by atoms with van der Waals surface area (Å²) in [5, 5.41) is 3.46. The van der Waals surface area contributed by atoms with Gasteiger partial charge in [-0.3, -0.25) is 0 Å². The van der Waals surface area contributed by atoms with Crippen molar-refractivity contribution in [2.45, 2.75) is 44.4 Å². The zero-order valence-corrected chi connectivity index (χ0v) is 8.94. The summed E-state index contributed by atoms with van der Waals surface area (Å²) in [6.45, 7) is 2.05. The topological polar surface area (TPSA) is 34.1 Å². The second kappa shape index (κ2) is 3.49. The van der Waals surface area contributed by atoms with Crippen LogP contribution >= 0.6 is 0 Å². The summed E-state index contributed by atoms with van der Waals surface area (Å²) < 4.78 is 5.79. The van der Waals surface area contributed by atoms with Crippen LogP contribution < -0.4 is 5.32 Å². The van der Waals surface area contributed by atoms with Gasteiger partial charge in [0.1, 0.15) is 5.82 Å². The third-order valence-corrected chi connectivity index (χ3v) is 3.35. The first-order valence-corrected chi connectivity index (χ1v) is 5.66. The summed E-state index contributed by atoms with van der Waals surface area (Å²) in [5.41, 5.74) is 1.20. The first-order valence-electron chi connectivity index (χ1n) is 5.66. The lowest BCUT2D eigenvalue weighted by Crippen LogP contribution is -2.30. The molecule has 3 nitrogen and oxygen atoms in total. The minimum absolute atomic E-state index is 0.415. The molecule has 3 unspecified atom stereocenters. The van der Waals surface area contributed by atoms with Gasteiger partial charge in [-0.25, -0.2) is 4.98 Å². The number of nitrogens with zero attached hydrogens (tertiary/aromatic N) is 1. The van der Waals surface area contributed by atoms with Crippen LogP contribution in [0.5, 0.6) is 0 Å². The highest BCUT2D eigenvalue weighted by molar-refractivity contribution is 5.37. The van der Waals surface area contributed by atoms with Gasteiger partial charge >= 0.3 is 0 Å². The molecular formula is C12H16N2O. The van der Waals surface area contributed by atoms with E-state index in [0.29, 0.717) is 18.2 Å². The number of nitrogens with one attached hydrogen (secondary N) is 1. The Morgan fingerprint density at radius 1 is 1.40 bits per heavy atom. The van der Waals surface area contributed by atoms with Crippen molar-refractivity contribution in [1.82, 2.24) is 4.98 Å². The van der Waals surface area contributed by atoms with Crippen LogP contribution in [0.4, 0.5) is 5.82 Å². The average Bonchev–Trinajstić information content (AvgIpc) is 2.83. The maximum atomic E-state index is 5.79. The van der Waals surface area contributed by atoms with Crippen LogP contribution in [0.15, 0.2) is 18.3 Å². The highest BCUT2D eigenvalue weighted by Gasteiger charge is 2.40. The van der Waals surface area contributed by atoms with Crippen LogP contribution in [-0.2, 0) is 4.74 Å². The zero-order valence-electron chi connectivity index (χ0n) is 8.94. The van der Waals surface area contributed by atoms with Crippen LogP contribution in [0.3, 0.4) is 0 Å². The summed E-state index contributed by atoms with van der Waals surface area (Å²) in [7, 11) is 0. The van der Waals surface area contributed by atoms with E-state index in [2.05, 4.69) is 23.3 Å². The van der Waals surface area contributed by atoms with E-state index in [1.54, 1.807) is 0 Å². The van der Waals surface area contributed by atoms with Crippen LogP contribution in [0.2, 0.25) is 0 Å². The number of fused-ring (bicyclic) bond motifs is 2. The van der Waals surface area contributed by atoms with Crippen LogP contribution in [0.25, 0.3) is 0 Å².